The van der Waals surface area contributed by atoms with E-state index in [1.54, 1.807) is 12.1 Å². The number of hydrogen-bond acceptors (Lipinski definition) is 4. The molecule has 1 fully saturated rings. The van der Waals surface area contributed by atoms with E-state index >= 15 is 0 Å². The Morgan fingerprint density at radius 3 is 2.41 bits per heavy atom. The third kappa shape index (κ3) is 5.85. The molecular formula is C15H20ClNO4S. The molecule has 0 spiro atoms. The normalized spacial score (nSPS) is 16.2. The van der Waals surface area contributed by atoms with E-state index in [-0.39, 0.29) is 17.6 Å². The Morgan fingerprint density at radius 1 is 1.18 bits per heavy atom. The van der Waals surface area contributed by atoms with Crippen molar-refractivity contribution in [1.29, 1.82) is 0 Å². The van der Waals surface area contributed by atoms with Crippen LogP contribution in [0.2, 0.25) is 0 Å². The third-order valence-electron chi connectivity index (χ3n) is 3.81. The minimum absolute atomic E-state index is 0.146. The summed E-state index contributed by atoms with van der Waals surface area (Å²) in [5, 5.41) is 2.97. The minimum Gasteiger partial charge on any atom is -0.371 e. The molecule has 1 saturated carbocycles. The number of rotatable bonds is 6. The van der Waals surface area contributed by atoms with E-state index in [1.165, 1.54) is 18.6 Å². The lowest BCUT2D eigenvalue weighted by atomic mass is 9.88. The largest absolute Gasteiger partial charge is 0.401 e. The molecule has 1 aliphatic rings. The van der Waals surface area contributed by atoms with Crippen LogP contribution in [-0.2, 0) is 20.5 Å². The van der Waals surface area contributed by atoms with Gasteiger partial charge in [-0.15, -0.1) is 0 Å². The molecule has 0 bridgehead atoms. The quantitative estimate of drug-likeness (QED) is 0.805. The number of nitrogens with one attached hydrogen (secondary N) is 1. The first-order valence-electron chi connectivity index (χ1n) is 7.45. The van der Waals surface area contributed by atoms with Crippen LogP contribution in [0.1, 0.15) is 37.7 Å². The zero-order valence-corrected chi connectivity index (χ0v) is 13.8. The number of hydrogen-bond donors (Lipinski definition) is 1. The molecule has 0 heterocycles. The summed E-state index contributed by atoms with van der Waals surface area (Å²) < 4.78 is 26.1. The monoisotopic (exact) mass is 345 g/mol. The van der Waals surface area contributed by atoms with Crippen LogP contribution in [0.25, 0.3) is 0 Å². The summed E-state index contributed by atoms with van der Waals surface area (Å²) in [7, 11) is 0.987. The maximum atomic E-state index is 12.0. The predicted octanol–water partition coefficient (Wildman–Crippen LogP) is 2.79. The molecule has 0 unspecified atom stereocenters. The van der Waals surface area contributed by atoms with Crippen LogP contribution in [0.4, 0.5) is 0 Å². The fourth-order valence-electron chi connectivity index (χ4n) is 2.67. The molecule has 0 atom stereocenters. The predicted molar refractivity (Wildman–Crippen MR) is 85.1 cm³/mol. The van der Waals surface area contributed by atoms with Crippen LogP contribution in [0.15, 0.2) is 24.3 Å². The Hall–Kier alpha value is -1.27. The number of carbonyl (C=O) groups is 1. The van der Waals surface area contributed by atoms with Gasteiger partial charge in [0.2, 0.25) is 5.91 Å². The Bertz CT molecular complexity index is 594. The van der Waals surface area contributed by atoms with Gasteiger partial charge in [0, 0.05) is 12.5 Å². The van der Waals surface area contributed by atoms with Crippen molar-refractivity contribution in [1.82, 2.24) is 5.32 Å². The van der Waals surface area contributed by atoms with Gasteiger partial charge in [0.15, 0.2) is 0 Å². The van der Waals surface area contributed by atoms with E-state index in [9.17, 15) is 13.2 Å². The Balaban J connectivity index is 1.76. The first-order valence-corrected chi connectivity index (χ1v) is 9.68. The zero-order valence-electron chi connectivity index (χ0n) is 12.3. The highest BCUT2D eigenvalue weighted by atomic mass is 35.7. The summed E-state index contributed by atoms with van der Waals surface area (Å²) >= 11 is 0. The van der Waals surface area contributed by atoms with Crippen molar-refractivity contribution in [3.63, 3.8) is 0 Å². The SMILES string of the molecule is O=C(NCCc1ccc(OS(=O)(=O)Cl)cc1)C1CCCCC1. The van der Waals surface area contributed by atoms with Crippen molar-refractivity contribution in [2.24, 2.45) is 5.92 Å². The van der Waals surface area contributed by atoms with Gasteiger partial charge in [-0.05, 0) is 37.0 Å². The topological polar surface area (TPSA) is 72.5 Å². The highest BCUT2D eigenvalue weighted by molar-refractivity contribution is 8.10. The fourth-order valence-corrected chi connectivity index (χ4v) is 3.22. The van der Waals surface area contributed by atoms with Crippen molar-refractivity contribution in [2.45, 2.75) is 38.5 Å². The molecule has 1 aromatic rings. The van der Waals surface area contributed by atoms with Gasteiger partial charge in [-0.2, -0.15) is 8.42 Å². The Morgan fingerprint density at radius 2 is 1.82 bits per heavy atom. The second-order valence-electron chi connectivity index (χ2n) is 5.50. The molecule has 7 heteroatoms. The summed E-state index contributed by atoms with van der Waals surface area (Å²) in [6, 6.07) is 6.59. The number of benzene rings is 1. The summed E-state index contributed by atoms with van der Waals surface area (Å²) in [6.45, 7) is 0.573. The number of amides is 1. The molecule has 122 valence electrons. The second-order valence-corrected chi connectivity index (χ2v) is 7.58. The lowest BCUT2D eigenvalue weighted by Crippen LogP contribution is -2.33. The third-order valence-corrected chi connectivity index (χ3v) is 4.39. The van der Waals surface area contributed by atoms with Gasteiger partial charge in [-0.3, -0.25) is 4.79 Å². The lowest BCUT2D eigenvalue weighted by molar-refractivity contribution is -0.125. The van der Waals surface area contributed by atoms with Crippen LogP contribution in [-0.4, -0.2) is 20.9 Å². The van der Waals surface area contributed by atoms with E-state index in [0.717, 1.165) is 31.2 Å². The van der Waals surface area contributed by atoms with Crippen molar-refractivity contribution in [3.05, 3.63) is 29.8 Å². The van der Waals surface area contributed by atoms with E-state index in [1.807, 2.05) is 0 Å². The second kappa shape index (κ2) is 7.83. The van der Waals surface area contributed by atoms with Crippen molar-refractivity contribution in [3.8, 4) is 5.75 Å². The van der Waals surface area contributed by atoms with Gasteiger partial charge in [0.25, 0.3) is 0 Å². The minimum atomic E-state index is -4.02. The van der Waals surface area contributed by atoms with Gasteiger partial charge in [-0.25, -0.2) is 0 Å². The average molecular weight is 346 g/mol. The molecule has 1 N–H and O–H groups in total. The lowest BCUT2D eigenvalue weighted by Gasteiger charge is -2.20. The van der Waals surface area contributed by atoms with E-state index < -0.39 is 9.33 Å². The first kappa shape index (κ1) is 17.1. The number of carbonyl (C=O) groups excluding carboxylic acids is 1. The van der Waals surface area contributed by atoms with Gasteiger partial charge in [-0.1, -0.05) is 31.4 Å². The molecule has 0 aromatic heterocycles. The van der Waals surface area contributed by atoms with Gasteiger partial charge < -0.3 is 9.50 Å². The zero-order chi connectivity index (χ0) is 16.0. The van der Waals surface area contributed by atoms with Crippen LogP contribution < -0.4 is 9.50 Å². The first-order chi connectivity index (χ1) is 10.4. The summed E-state index contributed by atoms with van der Waals surface area (Å²) in [4.78, 5) is 12.0. The molecular weight excluding hydrogens is 326 g/mol. The molecule has 0 saturated heterocycles. The standard InChI is InChI=1S/C15H20ClNO4S/c16-22(19,20)21-14-8-6-12(7-9-14)10-11-17-15(18)13-4-2-1-3-5-13/h6-9,13H,1-5,10-11H2,(H,17,18). The molecule has 1 aliphatic carbocycles. The molecule has 0 radical (unpaired) electrons. The fraction of sp³-hybridized carbons (Fsp3) is 0.533. The Labute approximate surface area is 135 Å². The van der Waals surface area contributed by atoms with Gasteiger partial charge in [0.05, 0.1) is 10.7 Å². The van der Waals surface area contributed by atoms with E-state index in [4.69, 9.17) is 10.7 Å². The summed E-state index contributed by atoms with van der Waals surface area (Å²) in [6.07, 6.45) is 6.18. The maximum absolute atomic E-state index is 12.0. The van der Waals surface area contributed by atoms with Crippen LogP contribution in [0, 0.1) is 5.92 Å². The smallest absolute Gasteiger partial charge is 0.371 e. The Kier molecular flexibility index (Phi) is 6.08. The molecule has 22 heavy (non-hydrogen) atoms. The van der Waals surface area contributed by atoms with Crippen LogP contribution in [0.3, 0.4) is 0 Å². The highest BCUT2D eigenvalue weighted by Gasteiger charge is 2.20. The molecule has 2 rings (SSSR count). The average Bonchev–Trinajstić information content (AvgIpc) is 2.48. The van der Waals surface area contributed by atoms with Gasteiger partial charge in [0.1, 0.15) is 5.75 Å². The molecule has 5 nitrogen and oxygen atoms in total. The molecule has 0 aliphatic heterocycles. The van der Waals surface area contributed by atoms with Crippen molar-refractivity contribution < 1.29 is 17.4 Å². The highest BCUT2D eigenvalue weighted by Crippen LogP contribution is 2.23. The van der Waals surface area contributed by atoms with E-state index in [0.29, 0.717) is 13.0 Å². The van der Waals surface area contributed by atoms with Crippen LogP contribution in [0.5, 0.6) is 5.75 Å². The molecule has 1 amide bonds. The van der Waals surface area contributed by atoms with E-state index in [2.05, 4.69) is 9.50 Å². The van der Waals surface area contributed by atoms with Gasteiger partial charge >= 0.3 is 9.33 Å². The molecule has 1 aromatic carbocycles. The number of halogens is 1. The van der Waals surface area contributed by atoms with Crippen LogP contribution >= 0.6 is 10.7 Å². The maximum Gasteiger partial charge on any atom is 0.401 e. The van der Waals surface area contributed by atoms with Crippen molar-refractivity contribution in [2.75, 3.05) is 6.54 Å². The summed E-state index contributed by atoms with van der Waals surface area (Å²) in [5.41, 5.74) is 0.989. The summed E-state index contributed by atoms with van der Waals surface area (Å²) in [5.74, 6) is 0.483. The van der Waals surface area contributed by atoms with Crippen molar-refractivity contribution >= 4 is 25.9 Å².